The van der Waals surface area contributed by atoms with E-state index in [0.29, 0.717) is 11.1 Å². The Bertz CT molecular complexity index is 951. The van der Waals surface area contributed by atoms with Crippen molar-refractivity contribution in [3.05, 3.63) is 65.3 Å². The number of aromatic nitrogens is 2. The van der Waals surface area contributed by atoms with Gasteiger partial charge in [0.1, 0.15) is 17.5 Å². The summed E-state index contributed by atoms with van der Waals surface area (Å²) in [4.78, 5) is 8.27. The predicted molar refractivity (Wildman–Crippen MR) is 94.5 cm³/mol. The first-order valence-corrected chi connectivity index (χ1v) is 9.06. The van der Waals surface area contributed by atoms with Gasteiger partial charge in [0.25, 0.3) is 0 Å². The van der Waals surface area contributed by atoms with E-state index in [4.69, 9.17) is 11.6 Å². The zero-order valence-corrected chi connectivity index (χ0v) is 14.5. The van der Waals surface area contributed by atoms with Crippen LogP contribution in [0.2, 0.25) is 5.02 Å². The molecular formula is C17H12ClF2N3OS. The van der Waals surface area contributed by atoms with E-state index in [1.807, 2.05) is 0 Å². The van der Waals surface area contributed by atoms with Gasteiger partial charge < -0.3 is 5.32 Å². The maximum Gasteiger partial charge on any atom is 0.220 e. The number of halogens is 3. The molecule has 8 heteroatoms. The van der Waals surface area contributed by atoms with Crippen LogP contribution in [-0.4, -0.2) is 20.4 Å². The zero-order valence-electron chi connectivity index (χ0n) is 13.0. The van der Waals surface area contributed by atoms with E-state index in [2.05, 4.69) is 15.3 Å². The van der Waals surface area contributed by atoms with Crippen molar-refractivity contribution in [2.24, 2.45) is 0 Å². The molecule has 0 saturated heterocycles. The smallest absolute Gasteiger partial charge is 0.220 e. The van der Waals surface area contributed by atoms with E-state index < -0.39 is 16.6 Å². The molecule has 4 nitrogen and oxygen atoms in total. The maximum atomic E-state index is 14.1. The Morgan fingerprint density at radius 3 is 2.48 bits per heavy atom. The van der Waals surface area contributed by atoms with E-state index in [9.17, 15) is 13.0 Å². The Kier molecular flexibility index (Phi) is 5.06. The molecule has 1 heterocycles. The molecule has 1 atom stereocenters. The molecule has 2 aromatic carbocycles. The second kappa shape index (κ2) is 7.25. The van der Waals surface area contributed by atoms with Gasteiger partial charge >= 0.3 is 0 Å². The standard InChI is InChI=1S/C17H12ClF2N3OS/c1-25(24)17-21-9-13(10-2-5-12(19)6-3-10)16(23-17)22-15-7-4-11(18)8-14(15)20/h2-9H,1H3,(H,21,22,23). The summed E-state index contributed by atoms with van der Waals surface area (Å²) in [7, 11) is -1.41. The predicted octanol–water partition coefficient (Wildman–Crippen LogP) is 4.56. The summed E-state index contributed by atoms with van der Waals surface area (Å²) in [6.07, 6.45) is 2.91. The van der Waals surface area contributed by atoms with Gasteiger partial charge in [-0.2, -0.15) is 0 Å². The first-order valence-electron chi connectivity index (χ1n) is 7.12. The van der Waals surface area contributed by atoms with Crippen molar-refractivity contribution in [3.63, 3.8) is 0 Å². The quantitative estimate of drug-likeness (QED) is 0.675. The third-order valence-corrected chi connectivity index (χ3v) is 4.31. The first-order chi connectivity index (χ1) is 11.9. The van der Waals surface area contributed by atoms with Gasteiger partial charge in [0, 0.05) is 23.0 Å². The minimum atomic E-state index is -1.41. The van der Waals surface area contributed by atoms with Crippen molar-refractivity contribution in [1.29, 1.82) is 0 Å². The van der Waals surface area contributed by atoms with Crippen LogP contribution in [-0.2, 0) is 10.8 Å². The highest BCUT2D eigenvalue weighted by Gasteiger charge is 2.14. The van der Waals surface area contributed by atoms with Crippen molar-refractivity contribution in [2.75, 3.05) is 11.6 Å². The molecule has 0 aliphatic rings. The second-order valence-electron chi connectivity index (χ2n) is 5.13. The van der Waals surface area contributed by atoms with E-state index in [1.165, 1.54) is 42.8 Å². The number of hydrogen-bond donors (Lipinski definition) is 1. The highest BCUT2D eigenvalue weighted by atomic mass is 35.5. The Labute approximate surface area is 150 Å². The summed E-state index contributed by atoms with van der Waals surface area (Å²) < 4.78 is 38.9. The van der Waals surface area contributed by atoms with E-state index in [0.717, 1.165) is 0 Å². The average Bonchev–Trinajstić information content (AvgIpc) is 2.58. The maximum absolute atomic E-state index is 14.1. The van der Waals surface area contributed by atoms with Crippen LogP contribution >= 0.6 is 11.6 Å². The van der Waals surface area contributed by atoms with Crippen molar-refractivity contribution in [2.45, 2.75) is 5.16 Å². The van der Waals surface area contributed by atoms with Gasteiger partial charge in [-0.15, -0.1) is 0 Å². The minimum Gasteiger partial charge on any atom is -0.337 e. The van der Waals surface area contributed by atoms with Gasteiger partial charge in [-0.25, -0.2) is 18.7 Å². The van der Waals surface area contributed by atoms with Gasteiger partial charge in [-0.3, -0.25) is 4.21 Å². The number of hydrogen-bond acceptors (Lipinski definition) is 4. The molecule has 3 rings (SSSR count). The number of nitrogens with zero attached hydrogens (tertiary/aromatic N) is 2. The lowest BCUT2D eigenvalue weighted by molar-refractivity contribution is 0.628. The molecule has 0 bridgehead atoms. The molecular weight excluding hydrogens is 368 g/mol. The van der Waals surface area contributed by atoms with Crippen molar-refractivity contribution in [1.82, 2.24) is 9.97 Å². The minimum absolute atomic E-state index is 0.0998. The Balaban J connectivity index is 2.09. The van der Waals surface area contributed by atoms with Crippen LogP contribution in [0.5, 0.6) is 0 Å². The molecule has 25 heavy (non-hydrogen) atoms. The highest BCUT2D eigenvalue weighted by Crippen LogP contribution is 2.30. The number of anilines is 2. The Hall–Kier alpha value is -2.38. The fourth-order valence-corrected chi connectivity index (χ4v) is 2.74. The molecule has 0 amide bonds. The largest absolute Gasteiger partial charge is 0.337 e. The lowest BCUT2D eigenvalue weighted by atomic mass is 10.1. The van der Waals surface area contributed by atoms with Crippen LogP contribution in [0.3, 0.4) is 0 Å². The van der Waals surface area contributed by atoms with E-state index >= 15 is 0 Å². The summed E-state index contributed by atoms with van der Waals surface area (Å²) in [6, 6.07) is 9.88. The van der Waals surface area contributed by atoms with Crippen LogP contribution in [0, 0.1) is 11.6 Å². The van der Waals surface area contributed by atoms with E-state index in [1.54, 1.807) is 12.1 Å². The van der Waals surface area contributed by atoms with Crippen molar-refractivity contribution in [3.8, 4) is 11.1 Å². The number of nitrogens with one attached hydrogen (secondary N) is 1. The topological polar surface area (TPSA) is 54.9 Å². The van der Waals surface area contributed by atoms with Crippen molar-refractivity contribution >= 4 is 33.9 Å². The van der Waals surface area contributed by atoms with Gasteiger partial charge in [-0.1, -0.05) is 23.7 Å². The zero-order chi connectivity index (χ0) is 18.0. The lowest BCUT2D eigenvalue weighted by Crippen LogP contribution is -2.04. The molecule has 1 aromatic heterocycles. The molecule has 0 aliphatic heterocycles. The third-order valence-electron chi connectivity index (χ3n) is 3.36. The van der Waals surface area contributed by atoms with Gasteiger partial charge in [0.05, 0.1) is 16.5 Å². The molecule has 0 saturated carbocycles. The summed E-state index contributed by atoms with van der Waals surface area (Å²) >= 11 is 5.76. The first kappa shape index (κ1) is 17.4. The fourth-order valence-electron chi connectivity index (χ4n) is 2.16. The summed E-state index contributed by atoms with van der Waals surface area (Å²) in [5.41, 5.74) is 1.30. The summed E-state index contributed by atoms with van der Waals surface area (Å²) in [5.74, 6) is -0.683. The number of rotatable bonds is 4. The molecule has 128 valence electrons. The molecule has 0 aliphatic carbocycles. The molecule has 1 N–H and O–H groups in total. The Morgan fingerprint density at radius 1 is 1.12 bits per heavy atom. The monoisotopic (exact) mass is 379 g/mol. The molecule has 1 unspecified atom stereocenters. The van der Waals surface area contributed by atoms with Crippen LogP contribution in [0.15, 0.2) is 53.8 Å². The van der Waals surface area contributed by atoms with Crippen LogP contribution in [0.4, 0.5) is 20.3 Å². The molecule has 0 radical (unpaired) electrons. The molecule has 0 fully saturated rings. The van der Waals surface area contributed by atoms with Crippen LogP contribution in [0.1, 0.15) is 0 Å². The summed E-state index contributed by atoms with van der Waals surface area (Å²) in [5, 5.41) is 3.23. The van der Waals surface area contributed by atoms with Crippen LogP contribution < -0.4 is 5.32 Å². The van der Waals surface area contributed by atoms with Gasteiger partial charge in [0.15, 0.2) is 0 Å². The molecule has 0 spiro atoms. The SMILES string of the molecule is CS(=O)c1ncc(-c2ccc(F)cc2)c(Nc2ccc(Cl)cc2F)n1. The van der Waals surface area contributed by atoms with E-state index in [-0.39, 0.29) is 27.5 Å². The fraction of sp³-hybridized carbons (Fsp3) is 0.0588. The lowest BCUT2D eigenvalue weighted by Gasteiger charge is -2.13. The van der Waals surface area contributed by atoms with Gasteiger partial charge in [0.2, 0.25) is 5.16 Å². The van der Waals surface area contributed by atoms with Crippen LogP contribution in [0.25, 0.3) is 11.1 Å². The van der Waals surface area contributed by atoms with Gasteiger partial charge in [-0.05, 0) is 35.9 Å². The third kappa shape index (κ3) is 4.00. The normalized spacial score (nSPS) is 12.0. The second-order valence-corrected chi connectivity index (χ2v) is 6.83. The summed E-state index contributed by atoms with van der Waals surface area (Å²) in [6.45, 7) is 0. The highest BCUT2D eigenvalue weighted by molar-refractivity contribution is 7.84. The number of benzene rings is 2. The molecule has 3 aromatic rings. The average molecular weight is 380 g/mol. The Morgan fingerprint density at radius 2 is 1.84 bits per heavy atom. The van der Waals surface area contributed by atoms with Crippen molar-refractivity contribution < 1.29 is 13.0 Å².